The van der Waals surface area contributed by atoms with Crippen molar-refractivity contribution in [1.29, 1.82) is 0 Å². The second-order valence-corrected chi connectivity index (χ2v) is 5.00. The highest BCUT2D eigenvalue weighted by Crippen LogP contribution is 2.25. The monoisotopic (exact) mass is 228 g/mol. The number of carbonyl (C=O) groups excluding carboxylic acids is 1. The maximum absolute atomic E-state index is 12.1. The lowest BCUT2D eigenvalue weighted by Gasteiger charge is -2.33. The molecule has 1 amide bonds. The molecule has 0 aromatic carbocycles. The Balaban J connectivity index is 2.38. The van der Waals surface area contributed by atoms with Crippen LogP contribution in [0.3, 0.4) is 0 Å². The molecule has 4 heteroatoms. The summed E-state index contributed by atoms with van der Waals surface area (Å²) in [4.78, 5) is 12.1. The SMILES string of the molecule is COCCC(C)NC(=O)C1(C)CCCNC1. The molecule has 0 bridgehead atoms. The van der Waals surface area contributed by atoms with Gasteiger partial charge in [-0.2, -0.15) is 0 Å². The summed E-state index contributed by atoms with van der Waals surface area (Å²) in [6.45, 7) is 6.57. The van der Waals surface area contributed by atoms with E-state index in [9.17, 15) is 4.79 Å². The fraction of sp³-hybridized carbons (Fsp3) is 0.917. The van der Waals surface area contributed by atoms with E-state index < -0.39 is 0 Å². The van der Waals surface area contributed by atoms with E-state index in [1.54, 1.807) is 7.11 Å². The minimum atomic E-state index is -0.237. The number of hydrogen-bond acceptors (Lipinski definition) is 3. The fourth-order valence-electron chi connectivity index (χ4n) is 2.01. The van der Waals surface area contributed by atoms with Crippen LogP contribution in [-0.2, 0) is 9.53 Å². The van der Waals surface area contributed by atoms with Crippen molar-refractivity contribution in [2.24, 2.45) is 5.41 Å². The molecule has 2 N–H and O–H groups in total. The Morgan fingerprint density at radius 3 is 2.94 bits per heavy atom. The van der Waals surface area contributed by atoms with Gasteiger partial charge in [-0.25, -0.2) is 0 Å². The number of hydrogen-bond donors (Lipinski definition) is 2. The Labute approximate surface area is 98.1 Å². The lowest BCUT2D eigenvalue weighted by atomic mass is 9.81. The van der Waals surface area contributed by atoms with Gasteiger partial charge in [-0.3, -0.25) is 4.79 Å². The van der Waals surface area contributed by atoms with Crippen LogP contribution in [0.1, 0.15) is 33.1 Å². The predicted molar refractivity (Wildman–Crippen MR) is 64.3 cm³/mol. The molecule has 2 unspecified atom stereocenters. The topological polar surface area (TPSA) is 50.4 Å². The molecule has 0 aromatic rings. The van der Waals surface area contributed by atoms with E-state index >= 15 is 0 Å². The van der Waals surface area contributed by atoms with Gasteiger partial charge in [0.25, 0.3) is 0 Å². The van der Waals surface area contributed by atoms with E-state index in [0.717, 1.165) is 32.4 Å². The van der Waals surface area contributed by atoms with Gasteiger partial charge < -0.3 is 15.4 Å². The van der Waals surface area contributed by atoms with Crippen LogP contribution in [0.2, 0.25) is 0 Å². The minimum Gasteiger partial charge on any atom is -0.385 e. The molecule has 0 saturated carbocycles. The molecular weight excluding hydrogens is 204 g/mol. The standard InChI is InChI=1S/C12H24N2O2/c1-10(5-8-16-3)14-11(15)12(2)6-4-7-13-9-12/h10,13H,4-9H2,1-3H3,(H,14,15). The Kier molecular flexibility index (Phi) is 5.22. The highest BCUT2D eigenvalue weighted by molar-refractivity contribution is 5.82. The quantitative estimate of drug-likeness (QED) is 0.735. The molecule has 1 rings (SSSR count). The second kappa shape index (κ2) is 6.21. The summed E-state index contributed by atoms with van der Waals surface area (Å²) in [5.74, 6) is 0.170. The number of amides is 1. The van der Waals surface area contributed by atoms with E-state index in [2.05, 4.69) is 10.6 Å². The fourth-order valence-corrected chi connectivity index (χ4v) is 2.01. The van der Waals surface area contributed by atoms with Gasteiger partial charge in [0.05, 0.1) is 5.41 Å². The number of nitrogens with one attached hydrogen (secondary N) is 2. The van der Waals surface area contributed by atoms with Gasteiger partial charge in [-0.05, 0) is 39.7 Å². The molecule has 1 heterocycles. The van der Waals surface area contributed by atoms with Crippen molar-refractivity contribution in [3.63, 3.8) is 0 Å². The number of ether oxygens (including phenoxy) is 1. The maximum Gasteiger partial charge on any atom is 0.227 e. The molecule has 1 aliphatic rings. The zero-order chi connectivity index (χ0) is 12.0. The van der Waals surface area contributed by atoms with E-state index in [1.807, 2.05) is 13.8 Å². The highest BCUT2D eigenvalue weighted by Gasteiger charge is 2.34. The van der Waals surface area contributed by atoms with E-state index in [4.69, 9.17) is 4.74 Å². The average molecular weight is 228 g/mol. The zero-order valence-corrected chi connectivity index (χ0v) is 10.6. The maximum atomic E-state index is 12.1. The molecule has 1 aliphatic heterocycles. The summed E-state index contributed by atoms with van der Waals surface area (Å²) in [6, 6.07) is 0.186. The van der Waals surface area contributed by atoms with Crippen LogP contribution in [0.5, 0.6) is 0 Å². The lowest BCUT2D eigenvalue weighted by molar-refractivity contribution is -0.131. The van der Waals surface area contributed by atoms with Crippen LogP contribution in [0.4, 0.5) is 0 Å². The molecule has 94 valence electrons. The summed E-state index contributed by atoms with van der Waals surface area (Å²) in [7, 11) is 1.68. The Hall–Kier alpha value is -0.610. The van der Waals surface area contributed by atoms with Crippen molar-refractivity contribution in [2.75, 3.05) is 26.8 Å². The van der Waals surface area contributed by atoms with Crippen molar-refractivity contribution in [1.82, 2.24) is 10.6 Å². The summed E-state index contributed by atoms with van der Waals surface area (Å²) in [5.41, 5.74) is -0.237. The largest absolute Gasteiger partial charge is 0.385 e. The van der Waals surface area contributed by atoms with Crippen LogP contribution in [0.25, 0.3) is 0 Å². The number of piperidine rings is 1. The minimum absolute atomic E-state index is 0.170. The van der Waals surface area contributed by atoms with E-state index in [1.165, 1.54) is 0 Å². The Morgan fingerprint density at radius 1 is 1.62 bits per heavy atom. The summed E-state index contributed by atoms with van der Waals surface area (Å²) < 4.78 is 5.00. The number of methoxy groups -OCH3 is 1. The van der Waals surface area contributed by atoms with Gasteiger partial charge >= 0.3 is 0 Å². The predicted octanol–water partition coefficient (Wildman–Crippen LogP) is 0.917. The molecule has 0 aromatic heterocycles. The number of rotatable bonds is 5. The van der Waals surface area contributed by atoms with Crippen molar-refractivity contribution in [2.45, 2.75) is 39.2 Å². The van der Waals surface area contributed by atoms with Crippen molar-refractivity contribution in [3.8, 4) is 0 Å². The number of carbonyl (C=O) groups is 1. The first-order valence-electron chi connectivity index (χ1n) is 6.09. The summed E-state index contributed by atoms with van der Waals surface area (Å²) in [6.07, 6.45) is 2.92. The first-order valence-corrected chi connectivity index (χ1v) is 6.09. The van der Waals surface area contributed by atoms with Gasteiger partial charge in [0.2, 0.25) is 5.91 Å². The third-order valence-corrected chi connectivity index (χ3v) is 3.28. The molecule has 4 nitrogen and oxygen atoms in total. The third-order valence-electron chi connectivity index (χ3n) is 3.28. The lowest BCUT2D eigenvalue weighted by Crippen LogP contribution is -2.50. The highest BCUT2D eigenvalue weighted by atomic mass is 16.5. The smallest absolute Gasteiger partial charge is 0.227 e. The van der Waals surface area contributed by atoms with Gasteiger partial charge in [0.1, 0.15) is 0 Å². The molecule has 2 atom stereocenters. The van der Waals surface area contributed by atoms with Crippen molar-refractivity contribution in [3.05, 3.63) is 0 Å². The molecule has 1 fully saturated rings. The molecule has 0 spiro atoms. The Morgan fingerprint density at radius 2 is 2.38 bits per heavy atom. The third kappa shape index (κ3) is 3.76. The van der Waals surface area contributed by atoms with Gasteiger partial charge in [-0.1, -0.05) is 0 Å². The summed E-state index contributed by atoms with van der Waals surface area (Å²) in [5, 5.41) is 6.35. The molecular formula is C12H24N2O2. The average Bonchev–Trinajstić information content (AvgIpc) is 2.27. The second-order valence-electron chi connectivity index (χ2n) is 5.00. The van der Waals surface area contributed by atoms with Gasteiger partial charge in [0, 0.05) is 26.3 Å². The van der Waals surface area contributed by atoms with Gasteiger partial charge in [-0.15, -0.1) is 0 Å². The van der Waals surface area contributed by atoms with Crippen molar-refractivity contribution >= 4 is 5.91 Å². The van der Waals surface area contributed by atoms with E-state index in [0.29, 0.717) is 6.61 Å². The molecule has 1 saturated heterocycles. The zero-order valence-electron chi connectivity index (χ0n) is 10.6. The van der Waals surface area contributed by atoms with Crippen LogP contribution < -0.4 is 10.6 Å². The van der Waals surface area contributed by atoms with Crippen molar-refractivity contribution < 1.29 is 9.53 Å². The van der Waals surface area contributed by atoms with E-state index in [-0.39, 0.29) is 17.4 Å². The van der Waals surface area contributed by atoms with Crippen LogP contribution in [0, 0.1) is 5.41 Å². The van der Waals surface area contributed by atoms with Crippen LogP contribution in [-0.4, -0.2) is 38.8 Å². The molecule has 16 heavy (non-hydrogen) atoms. The van der Waals surface area contributed by atoms with Crippen LogP contribution in [0.15, 0.2) is 0 Å². The van der Waals surface area contributed by atoms with Crippen LogP contribution >= 0.6 is 0 Å². The summed E-state index contributed by atoms with van der Waals surface area (Å²) >= 11 is 0. The normalized spacial score (nSPS) is 27.4. The molecule has 0 radical (unpaired) electrons. The molecule has 0 aliphatic carbocycles. The first-order chi connectivity index (χ1) is 7.58. The van der Waals surface area contributed by atoms with Gasteiger partial charge in [0.15, 0.2) is 0 Å². The Bertz CT molecular complexity index is 225. The first kappa shape index (κ1) is 13.5.